The molecule has 1 heterocycles. The molecule has 0 aliphatic rings. The summed E-state index contributed by atoms with van der Waals surface area (Å²) in [5.41, 5.74) is 0.455. The lowest BCUT2D eigenvalue weighted by Gasteiger charge is -2.12. The van der Waals surface area contributed by atoms with Crippen LogP contribution in [-0.2, 0) is 4.74 Å². The van der Waals surface area contributed by atoms with Crippen LogP contribution in [-0.4, -0.2) is 37.1 Å². The maximum absolute atomic E-state index is 13.1. The van der Waals surface area contributed by atoms with Crippen LogP contribution in [0.3, 0.4) is 0 Å². The number of allylic oxidation sites excluding steroid dienone is 1. The highest BCUT2D eigenvalue weighted by atomic mass is 19.3. The number of para-hydroxylation sites is 1. The Hall–Kier alpha value is -3.67. The van der Waals surface area contributed by atoms with E-state index in [9.17, 15) is 23.6 Å². The van der Waals surface area contributed by atoms with Gasteiger partial charge in [0.05, 0.1) is 24.8 Å². The minimum absolute atomic E-state index is 0.00895. The lowest BCUT2D eigenvalue weighted by molar-refractivity contribution is -0.0513. The Bertz CT molecular complexity index is 1030. The average Bonchev–Trinajstić information content (AvgIpc) is 3.00. The third kappa shape index (κ3) is 4.66. The number of benzene rings is 1. The normalized spacial score (nSPS) is 11.2. The molecule has 1 N–H and O–H groups in total. The number of nitrogens with one attached hydrogen (secondary N) is 1. The lowest BCUT2D eigenvalue weighted by atomic mass is 9.97. The number of Topliss-reactive ketones (excluding diaryl/α,β-unsaturated/α-hetero) is 1. The molecule has 158 valence electrons. The van der Waals surface area contributed by atoms with Gasteiger partial charge >= 0.3 is 12.6 Å². The number of nitrogens with zero attached hydrogens (tertiary/aromatic N) is 1. The summed E-state index contributed by atoms with van der Waals surface area (Å²) in [6, 6.07) is 6.06. The lowest BCUT2D eigenvalue weighted by Crippen LogP contribution is -2.13. The van der Waals surface area contributed by atoms with E-state index >= 15 is 0 Å². The van der Waals surface area contributed by atoms with Crippen LogP contribution in [0, 0.1) is 25.2 Å². The Morgan fingerprint density at radius 1 is 1.23 bits per heavy atom. The number of ketones is 1. The third-order valence-corrected chi connectivity index (χ3v) is 4.18. The van der Waals surface area contributed by atoms with E-state index < -0.39 is 18.4 Å². The van der Waals surface area contributed by atoms with Crippen LogP contribution in [0.2, 0.25) is 0 Å². The van der Waals surface area contributed by atoms with Gasteiger partial charge in [0.15, 0.2) is 11.5 Å². The number of H-pyrrole nitrogens is 1. The number of hydrogen-bond donors (Lipinski definition) is 1. The van der Waals surface area contributed by atoms with Crippen molar-refractivity contribution in [2.24, 2.45) is 0 Å². The van der Waals surface area contributed by atoms with Gasteiger partial charge in [-0.2, -0.15) is 14.0 Å². The molecule has 2 aromatic rings. The molecule has 0 atom stereocenters. The third-order valence-electron chi connectivity index (χ3n) is 4.18. The van der Waals surface area contributed by atoms with Gasteiger partial charge in [-0.15, -0.1) is 0 Å². The number of carbonyl (C=O) groups excluding carboxylic acids is 2. The van der Waals surface area contributed by atoms with Crippen molar-refractivity contribution in [2.45, 2.75) is 27.4 Å². The molecule has 0 spiro atoms. The van der Waals surface area contributed by atoms with Crippen LogP contribution in [0.15, 0.2) is 23.8 Å². The van der Waals surface area contributed by atoms with Gasteiger partial charge in [-0.25, -0.2) is 4.79 Å². The Labute approximate surface area is 171 Å². The second kappa shape index (κ2) is 9.69. The first-order chi connectivity index (χ1) is 14.2. The van der Waals surface area contributed by atoms with Crippen LogP contribution in [0.1, 0.15) is 44.6 Å². The summed E-state index contributed by atoms with van der Waals surface area (Å²) in [5, 5.41) is 9.56. The first-order valence-corrected chi connectivity index (χ1v) is 8.89. The van der Waals surface area contributed by atoms with E-state index in [0.717, 1.165) is 6.08 Å². The number of hydrogen-bond acceptors (Lipinski definition) is 6. The molecule has 1 aromatic heterocycles. The second-order valence-corrected chi connectivity index (χ2v) is 6.10. The maximum atomic E-state index is 13.1. The van der Waals surface area contributed by atoms with Crippen molar-refractivity contribution in [1.82, 2.24) is 4.98 Å². The number of carbonyl (C=O) groups is 2. The molecule has 0 unspecified atom stereocenters. The summed E-state index contributed by atoms with van der Waals surface area (Å²) in [6.07, 6.45) is 1.11. The van der Waals surface area contributed by atoms with E-state index in [-0.39, 0.29) is 40.4 Å². The Morgan fingerprint density at radius 2 is 1.90 bits per heavy atom. The number of methoxy groups -OCH3 is 1. The SMILES string of the molecule is CCOC(=O)c1c(C)[nH]c(C)c1C(=O)/C(C#N)=C/c1cccc(OC)c1OC(F)F. The Balaban J connectivity index is 2.60. The van der Waals surface area contributed by atoms with E-state index in [1.807, 2.05) is 0 Å². The molecular formula is C21H20F2N2O5. The van der Waals surface area contributed by atoms with E-state index in [2.05, 4.69) is 9.72 Å². The van der Waals surface area contributed by atoms with Crippen molar-refractivity contribution < 1.29 is 32.6 Å². The van der Waals surface area contributed by atoms with Crippen LogP contribution in [0.5, 0.6) is 11.5 Å². The molecule has 7 nitrogen and oxygen atoms in total. The zero-order chi connectivity index (χ0) is 22.4. The van der Waals surface area contributed by atoms with Gasteiger partial charge in [0, 0.05) is 17.0 Å². The summed E-state index contributed by atoms with van der Waals surface area (Å²) in [4.78, 5) is 28.3. The number of aryl methyl sites for hydroxylation is 2. The van der Waals surface area contributed by atoms with Crippen LogP contribution in [0.4, 0.5) is 8.78 Å². The molecule has 0 radical (unpaired) electrons. The molecule has 0 aliphatic carbocycles. The molecule has 2 rings (SSSR count). The zero-order valence-corrected chi connectivity index (χ0v) is 16.8. The highest BCUT2D eigenvalue weighted by Crippen LogP contribution is 2.34. The number of esters is 1. The largest absolute Gasteiger partial charge is 0.493 e. The number of aromatic nitrogens is 1. The summed E-state index contributed by atoms with van der Waals surface area (Å²) in [7, 11) is 1.27. The summed E-state index contributed by atoms with van der Waals surface area (Å²) in [6.45, 7) is 1.77. The number of nitriles is 1. The quantitative estimate of drug-likeness (QED) is 0.298. The Kier molecular flexibility index (Phi) is 7.31. The smallest absolute Gasteiger partial charge is 0.387 e. The number of alkyl halides is 2. The summed E-state index contributed by atoms with van der Waals surface area (Å²) >= 11 is 0. The van der Waals surface area contributed by atoms with E-state index in [1.165, 1.54) is 25.3 Å². The van der Waals surface area contributed by atoms with Gasteiger partial charge in [0.1, 0.15) is 11.6 Å². The summed E-state index contributed by atoms with van der Waals surface area (Å²) < 4.78 is 40.2. The topological polar surface area (TPSA) is 101 Å². The number of aromatic amines is 1. The molecular weight excluding hydrogens is 398 g/mol. The monoisotopic (exact) mass is 418 g/mol. The standard InChI is InChI=1S/C21H20F2N2O5/c1-5-29-20(27)17-12(3)25-11(2)16(17)18(26)14(10-24)9-13-7-6-8-15(28-4)19(13)30-21(22)23/h6-9,21,25H,5H2,1-4H3/b14-9+. The number of rotatable bonds is 8. The van der Waals surface area contributed by atoms with Gasteiger partial charge < -0.3 is 19.2 Å². The maximum Gasteiger partial charge on any atom is 0.387 e. The molecule has 0 saturated carbocycles. The van der Waals surface area contributed by atoms with Crippen molar-refractivity contribution in [3.05, 3.63) is 51.9 Å². The van der Waals surface area contributed by atoms with Crippen molar-refractivity contribution >= 4 is 17.8 Å². The average molecular weight is 418 g/mol. The van der Waals surface area contributed by atoms with Gasteiger partial charge in [-0.1, -0.05) is 12.1 Å². The van der Waals surface area contributed by atoms with E-state index in [4.69, 9.17) is 9.47 Å². The fourth-order valence-corrected chi connectivity index (χ4v) is 2.98. The van der Waals surface area contributed by atoms with E-state index in [0.29, 0.717) is 11.4 Å². The minimum atomic E-state index is -3.14. The molecule has 0 bridgehead atoms. The zero-order valence-electron chi connectivity index (χ0n) is 16.8. The highest BCUT2D eigenvalue weighted by molar-refractivity contribution is 6.19. The molecule has 0 saturated heterocycles. The molecule has 1 aromatic carbocycles. The number of halogens is 2. The molecule has 0 fully saturated rings. The van der Waals surface area contributed by atoms with Gasteiger partial charge in [0.25, 0.3) is 0 Å². The van der Waals surface area contributed by atoms with Crippen LogP contribution in [0.25, 0.3) is 6.08 Å². The van der Waals surface area contributed by atoms with E-state index in [1.54, 1.807) is 26.8 Å². The van der Waals surface area contributed by atoms with Crippen LogP contribution >= 0.6 is 0 Å². The van der Waals surface area contributed by atoms with Gasteiger partial charge in [0.2, 0.25) is 5.78 Å². The van der Waals surface area contributed by atoms with Crippen molar-refractivity contribution in [1.29, 1.82) is 5.26 Å². The summed E-state index contributed by atoms with van der Waals surface area (Å²) in [5.74, 6) is -1.77. The minimum Gasteiger partial charge on any atom is -0.493 e. The fraction of sp³-hybridized carbons (Fsp3) is 0.286. The van der Waals surface area contributed by atoms with Crippen LogP contribution < -0.4 is 9.47 Å². The van der Waals surface area contributed by atoms with Crippen molar-refractivity contribution in [3.8, 4) is 17.6 Å². The first-order valence-electron chi connectivity index (χ1n) is 8.89. The molecule has 0 aliphatic heterocycles. The van der Waals surface area contributed by atoms with Crippen molar-refractivity contribution in [3.63, 3.8) is 0 Å². The fourth-order valence-electron chi connectivity index (χ4n) is 2.98. The second-order valence-electron chi connectivity index (χ2n) is 6.10. The van der Waals surface area contributed by atoms with Gasteiger partial charge in [-0.3, -0.25) is 4.79 Å². The first kappa shape index (κ1) is 22.6. The molecule has 9 heteroatoms. The predicted octanol–water partition coefficient (Wildman–Crippen LogP) is 4.21. The molecule has 30 heavy (non-hydrogen) atoms. The van der Waals surface area contributed by atoms with Gasteiger partial charge in [-0.05, 0) is 32.9 Å². The van der Waals surface area contributed by atoms with Crippen molar-refractivity contribution in [2.75, 3.05) is 13.7 Å². The highest BCUT2D eigenvalue weighted by Gasteiger charge is 2.28. The Morgan fingerprint density at radius 3 is 2.47 bits per heavy atom. The predicted molar refractivity (Wildman–Crippen MR) is 104 cm³/mol. The molecule has 0 amide bonds. The number of ether oxygens (including phenoxy) is 3.